The fourth-order valence-corrected chi connectivity index (χ4v) is 6.77. The van der Waals surface area contributed by atoms with Crippen molar-refractivity contribution in [3.8, 4) is 22.8 Å². The van der Waals surface area contributed by atoms with E-state index in [1.54, 1.807) is 26.0 Å². The van der Waals surface area contributed by atoms with Gasteiger partial charge in [-0.3, -0.25) is 9.59 Å². The van der Waals surface area contributed by atoms with E-state index < -0.39 is 29.4 Å². The molecule has 1 N–H and O–H groups in total. The first kappa shape index (κ1) is 30.6. The summed E-state index contributed by atoms with van der Waals surface area (Å²) in [4.78, 5) is 47.6. The Bertz CT molecular complexity index is 1610. The number of esters is 1. The lowest BCUT2D eigenvalue weighted by molar-refractivity contribution is -0.150. The fourth-order valence-electron chi connectivity index (χ4n) is 6.77. The lowest BCUT2D eigenvalue weighted by Gasteiger charge is -2.26. The highest BCUT2D eigenvalue weighted by atomic mass is 16.5. The number of fused-ring (bicyclic) bond motifs is 3. The van der Waals surface area contributed by atoms with Crippen molar-refractivity contribution in [3.63, 3.8) is 0 Å². The fraction of sp³-hybridized carbons (Fsp3) is 0.444. The third kappa shape index (κ3) is 6.26. The zero-order valence-electron chi connectivity index (χ0n) is 26.2. The van der Waals surface area contributed by atoms with Gasteiger partial charge < -0.3 is 24.4 Å². The molecule has 236 valence electrons. The number of rotatable bonds is 6. The molecule has 5 atom stereocenters. The van der Waals surface area contributed by atoms with Gasteiger partial charge >= 0.3 is 5.97 Å². The molecule has 3 aliphatic rings. The molecule has 0 saturated heterocycles. The van der Waals surface area contributed by atoms with Crippen LogP contribution < -0.4 is 14.8 Å². The predicted octanol–water partition coefficient (Wildman–Crippen LogP) is 5.32. The van der Waals surface area contributed by atoms with Crippen LogP contribution in [0.4, 0.5) is 0 Å². The molecule has 9 nitrogen and oxygen atoms in total. The molecule has 9 heteroatoms. The maximum Gasteiger partial charge on any atom is 0.332 e. The number of nitrogens with one attached hydrogen (secondary N) is 1. The number of benzene rings is 2. The molecule has 45 heavy (non-hydrogen) atoms. The van der Waals surface area contributed by atoms with Gasteiger partial charge in [-0.05, 0) is 57.6 Å². The molecule has 3 aromatic rings. The van der Waals surface area contributed by atoms with Crippen molar-refractivity contribution in [2.24, 2.45) is 17.8 Å². The maximum atomic E-state index is 14.0. The van der Waals surface area contributed by atoms with Gasteiger partial charge in [0.1, 0.15) is 23.1 Å². The normalized spacial score (nSPS) is 27.5. The number of carbonyl (C=O) groups excluding carboxylic acids is 3. The Morgan fingerprint density at radius 2 is 1.87 bits per heavy atom. The van der Waals surface area contributed by atoms with Gasteiger partial charge in [-0.1, -0.05) is 42.5 Å². The van der Waals surface area contributed by atoms with Crippen LogP contribution >= 0.6 is 0 Å². The number of methoxy groups -OCH3 is 1. The Balaban J connectivity index is 1.32. The van der Waals surface area contributed by atoms with Crippen LogP contribution in [0.5, 0.6) is 11.5 Å². The second-order valence-corrected chi connectivity index (χ2v) is 12.4. The minimum absolute atomic E-state index is 0.0688. The van der Waals surface area contributed by atoms with E-state index in [0.29, 0.717) is 37.3 Å². The minimum Gasteiger partial charge on any atom is -0.497 e. The van der Waals surface area contributed by atoms with Crippen molar-refractivity contribution in [2.45, 2.75) is 57.1 Å². The van der Waals surface area contributed by atoms with Crippen LogP contribution in [0, 0.1) is 17.8 Å². The number of amides is 2. The van der Waals surface area contributed by atoms with Gasteiger partial charge in [0.05, 0.1) is 36.8 Å². The molecule has 0 bridgehead atoms. The molecule has 0 radical (unpaired) electrons. The number of aromatic nitrogens is 1. The van der Waals surface area contributed by atoms with E-state index in [1.165, 1.54) is 0 Å². The topological polar surface area (TPSA) is 107 Å². The summed E-state index contributed by atoms with van der Waals surface area (Å²) in [5, 5.41) is 3.87. The van der Waals surface area contributed by atoms with Gasteiger partial charge in [0, 0.05) is 42.6 Å². The minimum atomic E-state index is -1.09. The summed E-state index contributed by atoms with van der Waals surface area (Å²) in [6.07, 6.45) is 7.58. The van der Waals surface area contributed by atoms with Crippen LogP contribution in [-0.2, 0) is 19.1 Å². The van der Waals surface area contributed by atoms with E-state index in [4.69, 9.17) is 19.2 Å². The summed E-state index contributed by atoms with van der Waals surface area (Å²) in [6, 6.07) is 17.5. The van der Waals surface area contributed by atoms with Gasteiger partial charge in [0.25, 0.3) is 0 Å². The summed E-state index contributed by atoms with van der Waals surface area (Å²) in [7, 11) is 3.42. The predicted molar refractivity (Wildman–Crippen MR) is 171 cm³/mol. The molecule has 2 aliphatic carbocycles. The molecule has 6 rings (SSSR count). The molecule has 1 unspecified atom stereocenters. The van der Waals surface area contributed by atoms with Gasteiger partial charge in [0.2, 0.25) is 11.8 Å². The van der Waals surface area contributed by atoms with Crippen molar-refractivity contribution in [1.29, 1.82) is 0 Å². The highest BCUT2D eigenvalue weighted by Crippen LogP contribution is 2.47. The third-order valence-corrected chi connectivity index (χ3v) is 9.38. The second-order valence-electron chi connectivity index (χ2n) is 12.4. The number of hydrogen-bond donors (Lipinski definition) is 1. The van der Waals surface area contributed by atoms with Crippen LogP contribution in [0.3, 0.4) is 0 Å². The van der Waals surface area contributed by atoms with E-state index in [1.807, 2.05) is 60.7 Å². The van der Waals surface area contributed by atoms with E-state index >= 15 is 0 Å². The number of nitrogens with zero attached hydrogens (tertiary/aromatic N) is 2. The second kappa shape index (κ2) is 12.9. The van der Waals surface area contributed by atoms with Crippen LogP contribution in [0.1, 0.15) is 45.4 Å². The summed E-state index contributed by atoms with van der Waals surface area (Å²) in [6.45, 7) is 2.61. The SMILES string of the molecule is CCOC(=O)[C@@]12C[C@H]1/C=C\CCCCN(C)C(=O)[C@@H]1CC(Oc3cc(-c4ccccc4)nc4cc(OC)ccc34)C[C@H]1C(=O)N2. The largest absolute Gasteiger partial charge is 0.497 e. The molecule has 1 aromatic heterocycles. The quantitative estimate of drug-likeness (QED) is 0.297. The molecular weight excluding hydrogens is 570 g/mol. The smallest absolute Gasteiger partial charge is 0.332 e. The first-order chi connectivity index (χ1) is 21.8. The molecule has 2 amide bonds. The monoisotopic (exact) mass is 611 g/mol. The van der Waals surface area contributed by atoms with Crippen LogP contribution in [0.15, 0.2) is 66.7 Å². The molecule has 1 aliphatic heterocycles. The molecule has 2 fully saturated rings. The van der Waals surface area contributed by atoms with Gasteiger partial charge in [-0.25, -0.2) is 9.78 Å². The maximum absolute atomic E-state index is 14.0. The van der Waals surface area contributed by atoms with Crippen LogP contribution in [0.25, 0.3) is 22.2 Å². The van der Waals surface area contributed by atoms with E-state index in [0.717, 1.165) is 41.4 Å². The lowest BCUT2D eigenvalue weighted by Crippen LogP contribution is -2.50. The summed E-state index contributed by atoms with van der Waals surface area (Å²) in [5.74, 6) is -0.811. The average Bonchev–Trinajstić information content (AvgIpc) is 3.59. The van der Waals surface area contributed by atoms with Crippen LogP contribution in [-0.4, -0.2) is 66.6 Å². The molecule has 2 aromatic carbocycles. The Morgan fingerprint density at radius 3 is 2.64 bits per heavy atom. The van der Waals surface area contributed by atoms with Gasteiger partial charge in [-0.2, -0.15) is 0 Å². The van der Waals surface area contributed by atoms with Gasteiger partial charge in [0.15, 0.2) is 0 Å². The Kier molecular flexibility index (Phi) is 8.79. The van der Waals surface area contributed by atoms with Crippen molar-refractivity contribution in [3.05, 3.63) is 66.7 Å². The third-order valence-electron chi connectivity index (χ3n) is 9.38. The molecule has 0 spiro atoms. The Labute approximate surface area is 263 Å². The first-order valence-corrected chi connectivity index (χ1v) is 15.9. The van der Waals surface area contributed by atoms with E-state index in [-0.39, 0.29) is 24.3 Å². The Morgan fingerprint density at radius 1 is 1.07 bits per heavy atom. The zero-order valence-corrected chi connectivity index (χ0v) is 26.2. The zero-order chi connectivity index (χ0) is 31.6. The summed E-state index contributed by atoms with van der Waals surface area (Å²) >= 11 is 0. The molecular formula is C36H41N3O6. The number of hydrogen-bond acceptors (Lipinski definition) is 7. The number of carbonyl (C=O) groups is 3. The van der Waals surface area contributed by atoms with Crippen molar-refractivity contribution in [2.75, 3.05) is 27.3 Å². The highest BCUT2D eigenvalue weighted by Gasteiger charge is 2.62. The van der Waals surface area contributed by atoms with Crippen molar-refractivity contribution >= 4 is 28.7 Å². The number of ether oxygens (including phenoxy) is 3. The van der Waals surface area contributed by atoms with E-state index in [2.05, 4.69) is 11.4 Å². The van der Waals surface area contributed by atoms with E-state index in [9.17, 15) is 14.4 Å². The average molecular weight is 612 g/mol. The number of allylic oxidation sites excluding steroid dienone is 1. The lowest BCUT2D eigenvalue weighted by atomic mass is 9.93. The molecule has 2 saturated carbocycles. The highest BCUT2D eigenvalue weighted by molar-refractivity contribution is 5.95. The summed E-state index contributed by atoms with van der Waals surface area (Å²) in [5.41, 5.74) is 1.33. The Hall–Kier alpha value is -4.40. The number of pyridine rings is 1. The standard InChI is InChI=1S/C36H41N3O6/c1-4-44-35(42)36-22-24(36)14-10-5-6-11-17-39(2)34(41)29-19-26(18-28(29)33(40)38-36)45-32-21-30(23-12-8-7-9-13-23)37-31-20-25(43-3)15-16-27(31)32/h7-10,12-16,20-21,24,26,28-29H,4-6,11,17-19,22H2,1-3H3,(H,38,40)/b14-10-/t24-,26?,28-,29-,36-/m1/s1. The van der Waals surface area contributed by atoms with Crippen molar-refractivity contribution in [1.82, 2.24) is 15.2 Å². The first-order valence-electron chi connectivity index (χ1n) is 15.9. The van der Waals surface area contributed by atoms with Crippen LogP contribution in [0.2, 0.25) is 0 Å². The summed E-state index contributed by atoms with van der Waals surface area (Å²) < 4.78 is 17.6. The van der Waals surface area contributed by atoms with Gasteiger partial charge in [-0.15, -0.1) is 0 Å². The molecule has 2 heterocycles. The van der Waals surface area contributed by atoms with Crippen molar-refractivity contribution < 1.29 is 28.6 Å².